The summed E-state index contributed by atoms with van der Waals surface area (Å²) in [5.41, 5.74) is 1.76. The first kappa shape index (κ1) is 19.7. The highest BCUT2D eigenvalue weighted by Crippen LogP contribution is 2.39. The first-order valence-electron chi connectivity index (χ1n) is 11.2. The van der Waals surface area contributed by atoms with Gasteiger partial charge in [-0.15, -0.1) is 10.2 Å². The largest absolute Gasteiger partial charge is 0.481 e. The van der Waals surface area contributed by atoms with Crippen molar-refractivity contribution in [3.05, 3.63) is 30.5 Å². The zero-order chi connectivity index (χ0) is 20.3. The van der Waals surface area contributed by atoms with Crippen molar-refractivity contribution in [1.82, 2.24) is 20.1 Å². The maximum Gasteiger partial charge on any atom is 0.212 e. The molecule has 0 bridgehead atoms. The minimum atomic E-state index is 0.507. The summed E-state index contributed by atoms with van der Waals surface area (Å²) in [6.45, 7) is 5.69. The van der Waals surface area contributed by atoms with Crippen LogP contribution in [0.3, 0.4) is 0 Å². The minimum Gasteiger partial charge on any atom is -0.481 e. The van der Waals surface area contributed by atoms with Crippen LogP contribution in [0.25, 0.3) is 11.3 Å². The number of hydrogen-bond donors (Lipinski definition) is 1. The monoisotopic (exact) mass is 409 g/mol. The average molecular weight is 410 g/mol. The molecule has 0 spiro atoms. The summed E-state index contributed by atoms with van der Waals surface area (Å²) in [5, 5.41) is 12.4. The van der Waals surface area contributed by atoms with Gasteiger partial charge in [-0.1, -0.05) is 0 Å². The van der Waals surface area contributed by atoms with Crippen LogP contribution in [0.2, 0.25) is 0 Å². The van der Waals surface area contributed by atoms with E-state index in [-0.39, 0.29) is 0 Å². The van der Waals surface area contributed by atoms with Crippen LogP contribution >= 0.6 is 0 Å². The highest BCUT2D eigenvalue weighted by Gasteiger charge is 2.41. The Hall–Kier alpha value is -2.25. The number of fused-ring (bicyclic) bond motifs is 1. The van der Waals surface area contributed by atoms with Crippen molar-refractivity contribution < 1.29 is 9.47 Å². The minimum absolute atomic E-state index is 0.507. The van der Waals surface area contributed by atoms with Gasteiger partial charge in [0.1, 0.15) is 5.82 Å². The van der Waals surface area contributed by atoms with Gasteiger partial charge in [0.15, 0.2) is 0 Å². The fourth-order valence-corrected chi connectivity index (χ4v) is 5.38. The maximum atomic E-state index is 5.51. The van der Waals surface area contributed by atoms with Crippen molar-refractivity contribution in [3.8, 4) is 17.1 Å². The number of methoxy groups -OCH3 is 1. The van der Waals surface area contributed by atoms with Gasteiger partial charge in [-0.3, -0.25) is 0 Å². The smallest absolute Gasteiger partial charge is 0.212 e. The van der Waals surface area contributed by atoms with Crippen LogP contribution in [0.4, 0.5) is 5.82 Å². The van der Waals surface area contributed by atoms with Gasteiger partial charge < -0.3 is 19.7 Å². The first-order chi connectivity index (χ1) is 14.8. The summed E-state index contributed by atoms with van der Waals surface area (Å²) in [6, 6.07) is 8.33. The fourth-order valence-electron chi connectivity index (χ4n) is 5.38. The lowest BCUT2D eigenvalue weighted by atomic mass is 10.00. The number of hydrogen-bond acceptors (Lipinski definition) is 7. The van der Waals surface area contributed by atoms with Crippen LogP contribution in [-0.2, 0) is 4.74 Å². The molecule has 2 aliphatic heterocycles. The second kappa shape index (κ2) is 8.86. The Kier molecular flexibility index (Phi) is 5.82. The van der Waals surface area contributed by atoms with Gasteiger partial charge in [-0.05, 0) is 61.6 Å². The quantitative estimate of drug-likeness (QED) is 0.786. The molecule has 160 valence electrons. The molecule has 2 atom stereocenters. The van der Waals surface area contributed by atoms with E-state index in [9.17, 15) is 0 Å². The number of nitrogens with zero attached hydrogens (tertiary/aromatic N) is 4. The van der Waals surface area contributed by atoms with Crippen molar-refractivity contribution in [1.29, 1.82) is 0 Å². The van der Waals surface area contributed by atoms with Crippen LogP contribution in [0, 0.1) is 17.8 Å². The number of pyridine rings is 1. The Morgan fingerprint density at radius 3 is 2.50 bits per heavy atom. The van der Waals surface area contributed by atoms with Gasteiger partial charge in [0.05, 0.1) is 12.8 Å². The van der Waals surface area contributed by atoms with Crippen molar-refractivity contribution in [2.24, 2.45) is 17.8 Å². The van der Waals surface area contributed by atoms with Gasteiger partial charge in [-0.25, -0.2) is 4.98 Å². The van der Waals surface area contributed by atoms with Crippen LogP contribution in [0.15, 0.2) is 30.5 Å². The number of anilines is 1. The lowest BCUT2D eigenvalue weighted by molar-refractivity contribution is 0.0545. The maximum absolute atomic E-state index is 5.51. The second-order valence-corrected chi connectivity index (χ2v) is 9.00. The SMILES string of the molecule is COc1ccc(-c2ccc(NC3CC4CN(CC5CCOCC5)CC4C3)nn2)cn1. The molecule has 2 aromatic heterocycles. The van der Waals surface area contributed by atoms with Crippen LogP contribution in [0.5, 0.6) is 5.88 Å². The van der Waals surface area contributed by atoms with E-state index in [0.717, 1.165) is 48.0 Å². The molecule has 2 unspecified atom stereocenters. The number of aromatic nitrogens is 3. The van der Waals surface area contributed by atoms with Gasteiger partial charge in [-0.2, -0.15) is 0 Å². The summed E-state index contributed by atoms with van der Waals surface area (Å²) in [7, 11) is 1.61. The summed E-state index contributed by atoms with van der Waals surface area (Å²) in [6.07, 6.45) is 6.70. The van der Waals surface area contributed by atoms with Gasteiger partial charge >= 0.3 is 0 Å². The highest BCUT2D eigenvalue weighted by atomic mass is 16.5. The molecule has 0 amide bonds. The van der Waals surface area contributed by atoms with E-state index in [1.54, 1.807) is 13.3 Å². The Labute approximate surface area is 178 Å². The lowest BCUT2D eigenvalue weighted by Gasteiger charge is -2.27. The number of rotatable bonds is 6. The molecule has 0 radical (unpaired) electrons. The van der Waals surface area contributed by atoms with E-state index in [4.69, 9.17) is 9.47 Å². The molecule has 4 heterocycles. The summed E-state index contributed by atoms with van der Waals surface area (Å²) in [4.78, 5) is 6.95. The predicted molar refractivity (Wildman–Crippen MR) is 115 cm³/mol. The van der Waals surface area contributed by atoms with Crippen molar-refractivity contribution in [2.45, 2.75) is 31.7 Å². The lowest BCUT2D eigenvalue weighted by Crippen LogP contribution is -2.32. The van der Waals surface area contributed by atoms with E-state index in [2.05, 4.69) is 25.4 Å². The summed E-state index contributed by atoms with van der Waals surface area (Å²) < 4.78 is 10.6. The summed E-state index contributed by atoms with van der Waals surface area (Å²) >= 11 is 0. The van der Waals surface area contributed by atoms with Gasteiger partial charge in [0.2, 0.25) is 5.88 Å². The Morgan fingerprint density at radius 2 is 1.87 bits per heavy atom. The normalized spacial score (nSPS) is 27.2. The fraction of sp³-hybridized carbons (Fsp3) is 0.609. The van der Waals surface area contributed by atoms with E-state index in [0.29, 0.717) is 11.9 Å². The molecule has 1 aliphatic carbocycles. The van der Waals surface area contributed by atoms with Crippen molar-refractivity contribution in [3.63, 3.8) is 0 Å². The molecule has 7 heteroatoms. The predicted octanol–water partition coefficient (Wildman–Crippen LogP) is 3.10. The molecule has 0 aromatic carbocycles. The highest BCUT2D eigenvalue weighted by molar-refractivity contribution is 5.58. The van der Waals surface area contributed by atoms with Crippen LogP contribution in [0.1, 0.15) is 25.7 Å². The zero-order valence-electron chi connectivity index (χ0n) is 17.7. The molecule has 7 nitrogen and oxygen atoms in total. The third kappa shape index (κ3) is 4.42. The average Bonchev–Trinajstić information content (AvgIpc) is 3.33. The van der Waals surface area contributed by atoms with Gasteiger partial charge in [0, 0.05) is 56.7 Å². The molecule has 5 rings (SSSR count). The molecule has 1 N–H and O–H groups in total. The van der Waals surface area contributed by atoms with Crippen LogP contribution in [-0.4, -0.2) is 66.1 Å². The second-order valence-electron chi connectivity index (χ2n) is 9.00. The molecular formula is C23H31N5O2. The number of likely N-dealkylation sites (tertiary alicyclic amines) is 1. The molecule has 3 fully saturated rings. The van der Waals surface area contributed by atoms with Crippen molar-refractivity contribution >= 4 is 5.82 Å². The van der Waals surface area contributed by atoms with E-state index in [1.165, 1.54) is 45.3 Å². The Balaban J connectivity index is 1.12. The molecule has 3 aliphatic rings. The first-order valence-corrected chi connectivity index (χ1v) is 11.2. The molecule has 1 saturated carbocycles. The molecule has 2 saturated heterocycles. The van der Waals surface area contributed by atoms with Crippen LogP contribution < -0.4 is 10.1 Å². The van der Waals surface area contributed by atoms with Crippen molar-refractivity contribution in [2.75, 3.05) is 45.3 Å². The van der Waals surface area contributed by atoms with E-state index in [1.807, 2.05) is 24.3 Å². The number of ether oxygens (including phenoxy) is 2. The summed E-state index contributed by atoms with van der Waals surface area (Å²) in [5.74, 6) is 3.94. The molecular weight excluding hydrogens is 378 g/mol. The standard InChI is InChI=1S/C23H31N5O2/c1-29-23-5-2-17(12-24-23)21-3-4-22(27-26-21)25-20-10-18-14-28(15-19(18)11-20)13-16-6-8-30-9-7-16/h2-5,12,16,18-20H,6-11,13-15H2,1H3,(H,25,27). The van der Waals surface area contributed by atoms with E-state index >= 15 is 0 Å². The number of nitrogens with one attached hydrogen (secondary N) is 1. The molecule has 2 aromatic rings. The Bertz CT molecular complexity index is 808. The van der Waals surface area contributed by atoms with E-state index < -0.39 is 0 Å². The third-order valence-electron chi connectivity index (χ3n) is 6.94. The Morgan fingerprint density at radius 1 is 1.07 bits per heavy atom. The zero-order valence-corrected chi connectivity index (χ0v) is 17.7. The topological polar surface area (TPSA) is 72.4 Å². The third-order valence-corrected chi connectivity index (χ3v) is 6.94. The van der Waals surface area contributed by atoms with Gasteiger partial charge in [0.25, 0.3) is 0 Å². The molecule has 30 heavy (non-hydrogen) atoms.